The van der Waals surface area contributed by atoms with Crippen LogP contribution < -0.4 is 10.2 Å². The van der Waals surface area contributed by atoms with Crippen LogP contribution in [0.2, 0.25) is 0 Å². The fraction of sp³-hybridized carbons (Fsp3) is 0.133. The molecule has 102 valence electrons. The van der Waals surface area contributed by atoms with Gasteiger partial charge in [-0.05, 0) is 31.2 Å². The highest BCUT2D eigenvalue weighted by Crippen LogP contribution is 2.18. The lowest BCUT2D eigenvalue weighted by molar-refractivity contribution is 0.0950. The monoisotopic (exact) mass is 269 g/mol. The number of amides is 1. The van der Waals surface area contributed by atoms with Crippen molar-refractivity contribution < 1.29 is 9.53 Å². The minimum Gasteiger partial charge on any atom is -0.486 e. The predicted octanol–water partition coefficient (Wildman–Crippen LogP) is 2.40. The Morgan fingerprint density at radius 2 is 2.10 bits per heavy atom. The van der Waals surface area contributed by atoms with E-state index in [1.54, 1.807) is 31.3 Å². The summed E-state index contributed by atoms with van der Waals surface area (Å²) in [5.74, 6) is 0.196. The first-order chi connectivity index (χ1) is 9.81. The van der Waals surface area contributed by atoms with Gasteiger partial charge in [0.05, 0.1) is 11.3 Å². The minimum atomic E-state index is -0.306. The number of nitrogens with zero attached hydrogens (tertiary/aromatic N) is 2. The van der Waals surface area contributed by atoms with E-state index in [4.69, 9.17) is 4.74 Å². The van der Waals surface area contributed by atoms with Crippen LogP contribution in [0.25, 0.3) is 0 Å². The van der Waals surface area contributed by atoms with Gasteiger partial charge in [0.15, 0.2) is 0 Å². The van der Waals surface area contributed by atoms with Gasteiger partial charge in [0.2, 0.25) is 0 Å². The molecule has 0 aliphatic carbocycles. The molecule has 5 heteroatoms. The molecule has 0 bridgehead atoms. The van der Waals surface area contributed by atoms with Crippen LogP contribution in [0, 0.1) is 0 Å². The molecule has 0 aliphatic rings. The van der Waals surface area contributed by atoms with E-state index in [0.717, 1.165) is 5.69 Å². The fourth-order valence-corrected chi connectivity index (χ4v) is 1.60. The van der Waals surface area contributed by atoms with Crippen LogP contribution in [0.5, 0.6) is 5.75 Å². The third-order valence-electron chi connectivity index (χ3n) is 2.53. The van der Waals surface area contributed by atoms with Crippen molar-refractivity contribution in [3.05, 3.63) is 59.9 Å². The highest BCUT2D eigenvalue weighted by molar-refractivity contribution is 5.96. The number of para-hydroxylation sites is 1. The van der Waals surface area contributed by atoms with Crippen molar-refractivity contribution in [1.82, 2.24) is 10.4 Å². The molecule has 0 unspecified atom stereocenters. The first-order valence-corrected chi connectivity index (χ1v) is 6.21. The molecule has 0 saturated carbocycles. The van der Waals surface area contributed by atoms with E-state index < -0.39 is 0 Å². The van der Waals surface area contributed by atoms with Gasteiger partial charge in [0.25, 0.3) is 5.91 Å². The van der Waals surface area contributed by atoms with Gasteiger partial charge in [-0.1, -0.05) is 18.2 Å². The SMILES string of the molecule is CC=NNC(=O)c1ccccc1OCc1ccccn1. The zero-order valence-corrected chi connectivity index (χ0v) is 11.1. The van der Waals surface area contributed by atoms with Crippen LogP contribution in [-0.2, 0) is 6.61 Å². The zero-order chi connectivity index (χ0) is 14.2. The molecule has 2 rings (SSSR count). The molecule has 2 aromatic rings. The summed E-state index contributed by atoms with van der Waals surface area (Å²) in [5, 5.41) is 3.72. The molecule has 0 atom stereocenters. The number of pyridine rings is 1. The van der Waals surface area contributed by atoms with E-state index in [2.05, 4.69) is 15.5 Å². The quantitative estimate of drug-likeness (QED) is 0.669. The summed E-state index contributed by atoms with van der Waals surface area (Å²) in [4.78, 5) is 16.1. The molecule has 1 aromatic heterocycles. The van der Waals surface area contributed by atoms with Gasteiger partial charge in [-0.2, -0.15) is 5.10 Å². The second-order valence-electron chi connectivity index (χ2n) is 3.93. The Morgan fingerprint density at radius 3 is 2.85 bits per heavy atom. The van der Waals surface area contributed by atoms with Crippen molar-refractivity contribution in [2.75, 3.05) is 0 Å². The van der Waals surface area contributed by atoms with Gasteiger partial charge >= 0.3 is 0 Å². The smallest absolute Gasteiger partial charge is 0.275 e. The van der Waals surface area contributed by atoms with E-state index in [1.807, 2.05) is 24.3 Å². The molecule has 0 saturated heterocycles. The molecule has 0 fully saturated rings. The van der Waals surface area contributed by atoms with Crippen molar-refractivity contribution in [1.29, 1.82) is 0 Å². The Hall–Kier alpha value is -2.69. The lowest BCUT2D eigenvalue weighted by atomic mass is 10.2. The number of hydrazone groups is 1. The largest absolute Gasteiger partial charge is 0.486 e. The molecule has 20 heavy (non-hydrogen) atoms. The van der Waals surface area contributed by atoms with Gasteiger partial charge in [-0.15, -0.1) is 0 Å². The molecule has 1 N–H and O–H groups in total. The first kappa shape index (κ1) is 13.7. The molecular weight excluding hydrogens is 254 g/mol. The summed E-state index contributed by atoms with van der Waals surface area (Å²) in [7, 11) is 0. The number of carbonyl (C=O) groups excluding carboxylic acids is 1. The van der Waals surface area contributed by atoms with Crippen LogP contribution in [0.1, 0.15) is 23.0 Å². The van der Waals surface area contributed by atoms with Gasteiger partial charge in [-0.25, -0.2) is 5.43 Å². The van der Waals surface area contributed by atoms with Crippen molar-refractivity contribution in [3.8, 4) is 5.75 Å². The Balaban J connectivity index is 2.10. The summed E-state index contributed by atoms with van der Waals surface area (Å²) in [6.45, 7) is 2.03. The second-order valence-corrected chi connectivity index (χ2v) is 3.93. The van der Waals surface area contributed by atoms with Crippen LogP contribution >= 0.6 is 0 Å². The normalized spacial score (nSPS) is 10.4. The predicted molar refractivity (Wildman–Crippen MR) is 76.6 cm³/mol. The fourth-order valence-electron chi connectivity index (χ4n) is 1.60. The second kappa shape index (κ2) is 7.04. The Labute approximate surface area is 117 Å². The maximum absolute atomic E-state index is 11.9. The maximum atomic E-state index is 11.9. The first-order valence-electron chi connectivity index (χ1n) is 6.21. The molecule has 5 nitrogen and oxygen atoms in total. The highest BCUT2D eigenvalue weighted by atomic mass is 16.5. The maximum Gasteiger partial charge on any atom is 0.275 e. The van der Waals surface area contributed by atoms with Crippen LogP contribution in [0.4, 0.5) is 0 Å². The zero-order valence-electron chi connectivity index (χ0n) is 11.1. The lowest BCUT2D eigenvalue weighted by Gasteiger charge is -2.09. The molecule has 0 spiro atoms. The van der Waals surface area contributed by atoms with Crippen molar-refractivity contribution >= 4 is 12.1 Å². The number of aromatic nitrogens is 1. The third kappa shape index (κ3) is 3.65. The average Bonchev–Trinajstić information content (AvgIpc) is 2.52. The number of ether oxygens (including phenoxy) is 1. The van der Waals surface area contributed by atoms with Gasteiger partial charge in [0, 0.05) is 12.4 Å². The summed E-state index contributed by atoms with van der Waals surface area (Å²) >= 11 is 0. The van der Waals surface area contributed by atoms with E-state index in [0.29, 0.717) is 17.9 Å². The van der Waals surface area contributed by atoms with E-state index in [1.165, 1.54) is 6.21 Å². The van der Waals surface area contributed by atoms with Crippen LogP contribution in [-0.4, -0.2) is 17.1 Å². The van der Waals surface area contributed by atoms with Crippen molar-refractivity contribution in [2.24, 2.45) is 5.10 Å². The number of hydrogen-bond donors (Lipinski definition) is 1. The number of nitrogens with one attached hydrogen (secondary N) is 1. The minimum absolute atomic E-state index is 0.306. The number of rotatable bonds is 5. The molecule has 0 aliphatic heterocycles. The Morgan fingerprint density at radius 1 is 1.30 bits per heavy atom. The van der Waals surface area contributed by atoms with E-state index in [9.17, 15) is 4.79 Å². The molecule has 1 aromatic carbocycles. The summed E-state index contributed by atoms with van der Waals surface area (Å²) in [5.41, 5.74) is 3.66. The van der Waals surface area contributed by atoms with Crippen molar-refractivity contribution in [2.45, 2.75) is 13.5 Å². The van der Waals surface area contributed by atoms with Gasteiger partial charge < -0.3 is 4.74 Å². The topological polar surface area (TPSA) is 63.6 Å². The van der Waals surface area contributed by atoms with Crippen molar-refractivity contribution in [3.63, 3.8) is 0 Å². The average molecular weight is 269 g/mol. The van der Waals surface area contributed by atoms with Crippen LogP contribution in [0.3, 0.4) is 0 Å². The molecule has 0 radical (unpaired) electrons. The summed E-state index contributed by atoms with van der Waals surface area (Å²) in [6, 6.07) is 12.6. The molecule has 1 amide bonds. The summed E-state index contributed by atoms with van der Waals surface area (Å²) < 4.78 is 5.65. The Bertz CT molecular complexity index is 597. The highest BCUT2D eigenvalue weighted by Gasteiger charge is 2.11. The van der Waals surface area contributed by atoms with Gasteiger partial charge in [-0.3, -0.25) is 9.78 Å². The van der Waals surface area contributed by atoms with E-state index in [-0.39, 0.29) is 5.91 Å². The number of carbonyl (C=O) groups is 1. The summed E-state index contributed by atoms with van der Waals surface area (Å²) in [6.07, 6.45) is 3.21. The standard InChI is InChI=1S/C15H15N3O2/c1-2-17-18-15(19)13-8-3-4-9-14(13)20-11-12-7-5-6-10-16-12/h2-10H,11H2,1H3,(H,18,19). The third-order valence-corrected chi connectivity index (χ3v) is 2.53. The van der Waals surface area contributed by atoms with E-state index >= 15 is 0 Å². The van der Waals surface area contributed by atoms with Crippen LogP contribution in [0.15, 0.2) is 53.8 Å². The molecular formula is C15H15N3O2. The lowest BCUT2D eigenvalue weighted by Crippen LogP contribution is -2.18. The molecule has 1 heterocycles. The van der Waals surface area contributed by atoms with Gasteiger partial charge in [0.1, 0.15) is 12.4 Å². The Kier molecular flexibility index (Phi) is 4.83. The number of benzene rings is 1. The number of hydrogen-bond acceptors (Lipinski definition) is 4.